The van der Waals surface area contributed by atoms with E-state index in [-0.39, 0.29) is 18.0 Å². The Morgan fingerprint density at radius 3 is 2.77 bits per heavy atom. The summed E-state index contributed by atoms with van der Waals surface area (Å²) in [4.78, 5) is 29.7. The first kappa shape index (κ1) is 19.8. The molecule has 2 heterocycles. The average Bonchev–Trinajstić information content (AvgIpc) is 3.20. The summed E-state index contributed by atoms with van der Waals surface area (Å²) in [5.74, 6) is 0.478. The van der Waals surface area contributed by atoms with Gasteiger partial charge in [-0.25, -0.2) is 4.98 Å². The lowest BCUT2D eigenvalue weighted by Gasteiger charge is -2.08. The molecule has 0 saturated carbocycles. The number of fused-ring (bicyclic) bond motifs is 1. The Labute approximate surface area is 177 Å². The summed E-state index contributed by atoms with van der Waals surface area (Å²) in [5.41, 5.74) is 4.51. The third-order valence-electron chi connectivity index (χ3n) is 4.85. The first-order valence-electron chi connectivity index (χ1n) is 9.48. The van der Waals surface area contributed by atoms with E-state index in [4.69, 9.17) is 4.74 Å². The van der Waals surface area contributed by atoms with E-state index in [2.05, 4.69) is 10.3 Å². The fourth-order valence-corrected chi connectivity index (χ4v) is 4.16. The maximum absolute atomic E-state index is 12.9. The number of benzene rings is 2. The van der Waals surface area contributed by atoms with Gasteiger partial charge in [0.2, 0.25) is 5.91 Å². The number of methoxy groups -OCH3 is 1. The van der Waals surface area contributed by atoms with Crippen molar-refractivity contribution in [3.63, 3.8) is 0 Å². The minimum atomic E-state index is -0.253. The van der Waals surface area contributed by atoms with Crippen molar-refractivity contribution in [3.05, 3.63) is 81.7 Å². The number of nitrogens with one attached hydrogen (secondary N) is 1. The van der Waals surface area contributed by atoms with E-state index >= 15 is 0 Å². The van der Waals surface area contributed by atoms with Crippen molar-refractivity contribution in [1.29, 1.82) is 0 Å². The van der Waals surface area contributed by atoms with Crippen molar-refractivity contribution in [2.24, 2.45) is 0 Å². The Balaban J connectivity index is 1.50. The number of nitrogens with zero attached hydrogens (tertiary/aromatic N) is 2. The van der Waals surface area contributed by atoms with Crippen LogP contribution in [0.2, 0.25) is 0 Å². The third-order valence-corrected chi connectivity index (χ3v) is 5.80. The van der Waals surface area contributed by atoms with Gasteiger partial charge in [-0.2, -0.15) is 0 Å². The average molecular weight is 420 g/mol. The molecule has 6 nitrogen and oxygen atoms in total. The second kappa shape index (κ2) is 8.51. The normalized spacial score (nSPS) is 10.9. The van der Waals surface area contributed by atoms with Crippen LogP contribution in [-0.4, -0.2) is 22.6 Å². The summed E-state index contributed by atoms with van der Waals surface area (Å²) in [6.45, 7) is 2.31. The quantitative estimate of drug-likeness (QED) is 0.517. The third kappa shape index (κ3) is 4.11. The molecule has 4 rings (SSSR count). The van der Waals surface area contributed by atoms with Gasteiger partial charge in [0.15, 0.2) is 0 Å². The Hall–Kier alpha value is -3.45. The minimum Gasteiger partial charge on any atom is -0.497 e. The predicted octanol–water partition coefficient (Wildman–Crippen LogP) is 3.76. The second-order valence-corrected chi connectivity index (χ2v) is 7.88. The van der Waals surface area contributed by atoms with E-state index in [1.54, 1.807) is 7.11 Å². The van der Waals surface area contributed by atoms with Gasteiger partial charge in [-0.1, -0.05) is 42.0 Å². The van der Waals surface area contributed by atoms with Crippen molar-refractivity contribution in [2.45, 2.75) is 20.0 Å². The lowest BCUT2D eigenvalue weighted by molar-refractivity contribution is -0.121. The van der Waals surface area contributed by atoms with E-state index < -0.39 is 0 Å². The maximum atomic E-state index is 12.9. The lowest BCUT2D eigenvalue weighted by atomic mass is 10.1. The van der Waals surface area contributed by atoms with E-state index in [9.17, 15) is 9.59 Å². The van der Waals surface area contributed by atoms with Crippen LogP contribution in [0.5, 0.6) is 5.75 Å². The molecule has 0 atom stereocenters. The van der Waals surface area contributed by atoms with Crippen LogP contribution in [0.15, 0.2) is 65.0 Å². The first-order valence-corrected chi connectivity index (χ1v) is 10.4. The van der Waals surface area contributed by atoms with Crippen LogP contribution in [0.25, 0.3) is 21.3 Å². The van der Waals surface area contributed by atoms with Crippen LogP contribution < -0.4 is 15.6 Å². The van der Waals surface area contributed by atoms with Gasteiger partial charge in [0.25, 0.3) is 5.56 Å². The number of amides is 1. The van der Waals surface area contributed by atoms with Gasteiger partial charge in [0.1, 0.15) is 17.0 Å². The zero-order valence-electron chi connectivity index (χ0n) is 16.7. The van der Waals surface area contributed by atoms with Crippen LogP contribution in [0.4, 0.5) is 0 Å². The number of rotatable bonds is 6. The maximum Gasteiger partial charge on any atom is 0.271 e. The molecular weight excluding hydrogens is 398 g/mol. The highest BCUT2D eigenvalue weighted by molar-refractivity contribution is 7.17. The zero-order chi connectivity index (χ0) is 21.1. The van der Waals surface area contributed by atoms with E-state index in [1.807, 2.05) is 60.8 Å². The number of carbonyl (C=O) groups is 1. The molecule has 7 heteroatoms. The summed E-state index contributed by atoms with van der Waals surface area (Å²) in [6, 6.07) is 15.6. The van der Waals surface area contributed by atoms with E-state index in [0.29, 0.717) is 16.8 Å². The molecule has 0 aliphatic heterocycles. The van der Waals surface area contributed by atoms with Crippen molar-refractivity contribution in [2.75, 3.05) is 7.11 Å². The molecule has 0 spiro atoms. The summed E-state index contributed by atoms with van der Waals surface area (Å²) < 4.78 is 7.08. The highest BCUT2D eigenvalue weighted by atomic mass is 32.1. The molecule has 2 aromatic carbocycles. The standard InChI is InChI=1S/C23H21N3O3S/c1-15-6-8-17(9-7-15)19-13-30-22-21(19)25-14-26(23(22)28)12-20(27)24-11-16-4-3-5-18(10-16)29-2/h3-10,13-14H,11-12H2,1-2H3,(H,24,27). The van der Waals surface area contributed by atoms with Crippen molar-refractivity contribution >= 4 is 27.5 Å². The molecule has 152 valence electrons. The monoisotopic (exact) mass is 419 g/mol. The molecule has 2 aromatic heterocycles. The molecule has 0 radical (unpaired) electrons. The zero-order valence-corrected chi connectivity index (χ0v) is 17.5. The van der Waals surface area contributed by atoms with Crippen LogP contribution >= 0.6 is 11.3 Å². The number of thiophene rings is 1. The smallest absolute Gasteiger partial charge is 0.271 e. The predicted molar refractivity (Wildman–Crippen MR) is 119 cm³/mol. The second-order valence-electron chi connectivity index (χ2n) is 7.00. The molecule has 0 unspecified atom stereocenters. The number of aromatic nitrogens is 2. The Morgan fingerprint density at radius 1 is 1.20 bits per heavy atom. The molecule has 0 bridgehead atoms. The SMILES string of the molecule is COc1cccc(CNC(=O)Cn2cnc3c(-c4ccc(C)cc4)csc3c2=O)c1. The van der Waals surface area contributed by atoms with Crippen molar-refractivity contribution < 1.29 is 9.53 Å². The molecule has 1 N–H and O–H groups in total. The lowest BCUT2D eigenvalue weighted by Crippen LogP contribution is -2.31. The molecule has 0 fully saturated rings. The molecule has 4 aromatic rings. The van der Waals surface area contributed by atoms with Gasteiger partial charge in [-0.15, -0.1) is 11.3 Å². The highest BCUT2D eigenvalue weighted by Gasteiger charge is 2.14. The number of ether oxygens (including phenoxy) is 1. The topological polar surface area (TPSA) is 73.2 Å². The summed E-state index contributed by atoms with van der Waals surface area (Å²) in [5, 5.41) is 4.77. The number of aryl methyl sites for hydroxylation is 1. The van der Waals surface area contributed by atoms with Gasteiger partial charge in [-0.05, 0) is 30.2 Å². The van der Waals surface area contributed by atoms with Crippen LogP contribution in [0, 0.1) is 6.92 Å². The largest absolute Gasteiger partial charge is 0.497 e. The Morgan fingerprint density at radius 2 is 2.00 bits per heavy atom. The summed E-state index contributed by atoms with van der Waals surface area (Å²) >= 11 is 1.35. The van der Waals surface area contributed by atoms with Crippen molar-refractivity contribution in [1.82, 2.24) is 14.9 Å². The highest BCUT2D eigenvalue weighted by Crippen LogP contribution is 2.30. The van der Waals surface area contributed by atoms with E-state index in [0.717, 1.165) is 22.4 Å². The van der Waals surface area contributed by atoms with Gasteiger partial charge >= 0.3 is 0 Å². The van der Waals surface area contributed by atoms with Gasteiger partial charge in [-0.3, -0.25) is 14.2 Å². The van der Waals surface area contributed by atoms with Crippen LogP contribution in [0.3, 0.4) is 0 Å². The fourth-order valence-electron chi connectivity index (χ4n) is 3.19. The number of hydrogen-bond acceptors (Lipinski definition) is 5. The van der Waals surface area contributed by atoms with Gasteiger partial charge in [0.05, 0.1) is 19.0 Å². The molecule has 0 saturated heterocycles. The summed E-state index contributed by atoms with van der Waals surface area (Å²) in [6.07, 6.45) is 1.44. The molecule has 1 amide bonds. The van der Waals surface area contributed by atoms with Gasteiger partial charge < -0.3 is 10.1 Å². The van der Waals surface area contributed by atoms with E-state index in [1.165, 1.54) is 27.8 Å². The Bertz CT molecular complexity index is 1260. The minimum absolute atomic E-state index is 0.0799. The Kier molecular flexibility index (Phi) is 5.63. The molecular formula is C23H21N3O3S. The first-order chi connectivity index (χ1) is 14.5. The van der Waals surface area contributed by atoms with Gasteiger partial charge in [0, 0.05) is 17.5 Å². The van der Waals surface area contributed by atoms with Crippen LogP contribution in [0.1, 0.15) is 11.1 Å². The summed E-state index contributed by atoms with van der Waals surface area (Å²) in [7, 11) is 1.60. The molecule has 0 aliphatic carbocycles. The molecule has 0 aliphatic rings. The van der Waals surface area contributed by atoms with Crippen molar-refractivity contribution in [3.8, 4) is 16.9 Å². The molecule has 30 heavy (non-hydrogen) atoms. The van der Waals surface area contributed by atoms with Crippen LogP contribution in [-0.2, 0) is 17.9 Å². The number of hydrogen-bond donors (Lipinski definition) is 1. The number of carbonyl (C=O) groups excluding carboxylic acids is 1. The fraction of sp³-hybridized carbons (Fsp3) is 0.174.